The highest BCUT2D eigenvalue weighted by Crippen LogP contribution is 2.28. The molecule has 0 aromatic heterocycles. The lowest BCUT2D eigenvalue weighted by molar-refractivity contribution is -0.114. The molecule has 6 heteroatoms. The lowest BCUT2D eigenvalue weighted by Gasteiger charge is -2.26. The van der Waals surface area contributed by atoms with Crippen LogP contribution in [0.5, 0.6) is 0 Å². The molecule has 0 bridgehead atoms. The summed E-state index contributed by atoms with van der Waals surface area (Å²) >= 11 is 0. The molecule has 0 spiro atoms. The van der Waals surface area contributed by atoms with E-state index in [4.69, 9.17) is 0 Å². The van der Waals surface area contributed by atoms with Gasteiger partial charge in [-0.3, -0.25) is 9.10 Å². The SMILES string of the molecule is Cc1ccc(S(=O)(=O)N(CC(=O)Nc2c(C)cc(C)cc2C)c2ccc(C)cc2C)cc1. The van der Waals surface area contributed by atoms with Gasteiger partial charge in [0, 0.05) is 5.69 Å². The Morgan fingerprint density at radius 3 is 1.84 bits per heavy atom. The normalized spacial score (nSPS) is 11.3. The van der Waals surface area contributed by atoms with Crippen molar-refractivity contribution < 1.29 is 13.2 Å². The fourth-order valence-electron chi connectivity index (χ4n) is 3.91. The summed E-state index contributed by atoms with van der Waals surface area (Å²) in [6.45, 7) is 11.2. The van der Waals surface area contributed by atoms with Crippen LogP contribution in [0.15, 0.2) is 59.5 Å². The van der Waals surface area contributed by atoms with Crippen LogP contribution in [0.2, 0.25) is 0 Å². The largest absolute Gasteiger partial charge is 0.324 e. The maximum absolute atomic E-state index is 13.6. The van der Waals surface area contributed by atoms with Gasteiger partial charge in [0.25, 0.3) is 10.0 Å². The van der Waals surface area contributed by atoms with Crippen molar-refractivity contribution in [2.75, 3.05) is 16.2 Å². The van der Waals surface area contributed by atoms with Crippen molar-refractivity contribution in [1.29, 1.82) is 0 Å². The molecule has 3 aromatic carbocycles. The molecule has 0 atom stereocenters. The molecular formula is C26H30N2O3S. The van der Waals surface area contributed by atoms with Crippen molar-refractivity contribution in [2.45, 2.75) is 46.4 Å². The number of amides is 1. The van der Waals surface area contributed by atoms with E-state index in [1.165, 1.54) is 4.31 Å². The van der Waals surface area contributed by atoms with E-state index in [9.17, 15) is 13.2 Å². The van der Waals surface area contributed by atoms with E-state index in [2.05, 4.69) is 5.32 Å². The first-order chi connectivity index (χ1) is 15.0. The summed E-state index contributed by atoms with van der Waals surface area (Å²) in [6, 6.07) is 16.2. The second-order valence-corrected chi connectivity index (χ2v) is 10.3. The maximum atomic E-state index is 13.6. The molecule has 3 rings (SSSR count). The Bertz CT molecular complexity index is 1240. The van der Waals surface area contributed by atoms with Crippen LogP contribution in [-0.2, 0) is 14.8 Å². The van der Waals surface area contributed by atoms with Gasteiger partial charge in [-0.15, -0.1) is 0 Å². The molecule has 3 aromatic rings. The number of nitrogens with zero attached hydrogens (tertiary/aromatic N) is 1. The van der Waals surface area contributed by atoms with Gasteiger partial charge < -0.3 is 5.32 Å². The summed E-state index contributed by atoms with van der Waals surface area (Å²) in [4.78, 5) is 13.2. The topological polar surface area (TPSA) is 66.5 Å². The molecule has 0 aliphatic rings. The van der Waals surface area contributed by atoms with Crippen molar-refractivity contribution in [1.82, 2.24) is 0 Å². The first-order valence-electron chi connectivity index (χ1n) is 10.5. The number of anilines is 2. The van der Waals surface area contributed by atoms with E-state index < -0.39 is 15.9 Å². The first kappa shape index (κ1) is 23.5. The Labute approximate surface area is 191 Å². The smallest absolute Gasteiger partial charge is 0.264 e. The molecule has 1 N–H and O–H groups in total. The molecule has 0 heterocycles. The summed E-state index contributed by atoms with van der Waals surface area (Å²) in [5, 5.41) is 2.92. The van der Waals surface area contributed by atoms with Crippen LogP contribution in [0.25, 0.3) is 0 Å². The molecular weight excluding hydrogens is 420 g/mol. The lowest BCUT2D eigenvalue weighted by Crippen LogP contribution is -2.38. The Morgan fingerprint density at radius 2 is 1.28 bits per heavy atom. The zero-order valence-corrected chi connectivity index (χ0v) is 20.3. The monoisotopic (exact) mass is 450 g/mol. The fourth-order valence-corrected chi connectivity index (χ4v) is 5.39. The number of sulfonamides is 1. The Balaban J connectivity index is 2.01. The zero-order chi connectivity index (χ0) is 23.6. The van der Waals surface area contributed by atoms with E-state index in [1.807, 2.05) is 65.8 Å². The van der Waals surface area contributed by atoms with Gasteiger partial charge in [-0.1, -0.05) is 53.1 Å². The number of carbonyl (C=O) groups is 1. The van der Waals surface area contributed by atoms with Gasteiger partial charge in [0.05, 0.1) is 10.6 Å². The average Bonchev–Trinajstić information content (AvgIpc) is 2.69. The molecule has 0 aliphatic heterocycles. The minimum atomic E-state index is -3.95. The summed E-state index contributed by atoms with van der Waals surface area (Å²) in [5.74, 6) is -0.393. The number of aryl methyl sites for hydroxylation is 6. The zero-order valence-electron chi connectivity index (χ0n) is 19.5. The standard InChI is InChI=1S/C26H30N2O3S/c1-17-7-10-23(11-8-17)32(30,31)28(24-12-9-18(2)13-20(24)4)16-25(29)27-26-21(5)14-19(3)15-22(26)6/h7-15H,16H2,1-6H3,(H,27,29). The molecule has 0 saturated heterocycles. The van der Waals surface area contributed by atoms with E-state index in [1.54, 1.807) is 30.3 Å². The summed E-state index contributed by atoms with van der Waals surface area (Å²) in [6.07, 6.45) is 0. The Hall–Kier alpha value is -3.12. The molecule has 5 nitrogen and oxygen atoms in total. The molecule has 32 heavy (non-hydrogen) atoms. The van der Waals surface area contributed by atoms with E-state index in [-0.39, 0.29) is 11.4 Å². The highest BCUT2D eigenvalue weighted by atomic mass is 32.2. The van der Waals surface area contributed by atoms with E-state index in [0.29, 0.717) is 11.4 Å². The third kappa shape index (κ3) is 5.02. The number of rotatable bonds is 6. The molecule has 0 saturated carbocycles. The van der Waals surface area contributed by atoms with Gasteiger partial charge in [-0.05, 0) is 76.4 Å². The van der Waals surface area contributed by atoms with Crippen LogP contribution in [0.1, 0.15) is 33.4 Å². The number of benzene rings is 3. The van der Waals surface area contributed by atoms with Gasteiger partial charge in [0.1, 0.15) is 6.54 Å². The first-order valence-corrected chi connectivity index (χ1v) is 12.0. The predicted octanol–water partition coefficient (Wildman–Crippen LogP) is 5.37. The van der Waals surface area contributed by atoms with Gasteiger partial charge in [0.2, 0.25) is 5.91 Å². The molecule has 0 aliphatic carbocycles. The third-order valence-corrected chi connectivity index (χ3v) is 7.23. The van der Waals surface area contributed by atoms with Crippen LogP contribution < -0.4 is 9.62 Å². The van der Waals surface area contributed by atoms with Gasteiger partial charge in [0.15, 0.2) is 0 Å². The molecule has 0 unspecified atom stereocenters. The summed E-state index contributed by atoms with van der Waals surface area (Å²) in [5.41, 5.74) is 6.97. The molecule has 1 amide bonds. The predicted molar refractivity (Wildman–Crippen MR) is 131 cm³/mol. The second-order valence-electron chi connectivity index (χ2n) is 8.44. The van der Waals surface area contributed by atoms with E-state index >= 15 is 0 Å². The minimum absolute atomic E-state index is 0.151. The number of carbonyl (C=O) groups excluding carboxylic acids is 1. The van der Waals surface area contributed by atoms with Crippen LogP contribution in [0, 0.1) is 41.5 Å². The van der Waals surface area contributed by atoms with Crippen LogP contribution in [-0.4, -0.2) is 20.9 Å². The van der Waals surface area contributed by atoms with Crippen LogP contribution in [0.3, 0.4) is 0 Å². The number of nitrogens with one attached hydrogen (secondary N) is 1. The third-order valence-electron chi connectivity index (χ3n) is 5.46. The average molecular weight is 451 g/mol. The van der Waals surface area contributed by atoms with Crippen LogP contribution in [0.4, 0.5) is 11.4 Å². The van der Waals surface area contributed by atoms with Crippen molar-refractivity contribution in [3.8, 4) is 0 Å². The van der Waals surface area contributed by atoms with Crippen molar-refractivity contribution in [3.05, 3.63) is 88.0 Å². The Kier molecular flexibility index (Phi) is 6.74. The number of hydrogen-bond acceptors (Lipinski definition) is 3. The van der Waals surface area contributed by atoms with Gasteiger partial charge in [-0.25, -0.2) is 8.42 Å². The minimum Gasteiger partial charge on any atom is -0.324 e. The summed E-state index contributed by atoms with van der Waals surface area (Å²) in [7, 11) is -3.95. The van der Waals surface area contributed by atoms with Gasteiger partial charge in [-0.2, -0.15) is 0 Å². The molecule has 0 fully saturated rings. The maximum Gasteiger partial charge on any atom is 0.264 e. The Morgan fingerprint density at radius 1 is 0.750 bits per heavy atom. The van der Waals surface area contributed by atoms with Gasteiger partial charge >= 0.3 is 0 Å². The summed E-state index contributed by atoms with van der Waals surface area (Å²) < 4.78 is 28.4. The van der Waals surface area contributed by atoms with Crippen molar-refractivity contribution >= 4 is 27.3 Å². The van der Waals surface area contributed by atoms with E-state index in [0.717, 1.165) is 33.4 Å². The highest BCUT2D eigenvalue weighted by Gasteiger charge is 2.28. The quantitative estimate of drug-likeness (QED) is 0.549. The highest BCUT2D eigenvalue weighted by molar-refractivity contribution is 7.92. The number of hydrogen-bond donors (Lipinski definition) is 1. The fraction of sp³-hybridized carbons (Fsp3) is 0.269. The molecule has 168 valence electrons. The lowest BCUT2D eigenvalue weighted by atomic mass is 10.1. The molecule has 0 radical (unpaired) electrons. The second kappa shape index (κ2) is 9.17. The van der Waals surface area contributed by atoms with Crippen molar-refractivity contribution in [2.24, 2.45) is 0 Å². The van der Waals surface area contributed by atoms with Crippen molar-refractivity contribution in [3.63, 3.8) is 0 Å². The van der Waals surface area contributed by atoms with Crippen LogP contribution >= 0.6 is 0 Å².